The van der Waals surface area contributed by atoms with Gasteiger partial charge in [-0.2, -0.15) is 0 Å². The van der Waals surface area contributed by atoms with Gasteiger partial charge in [0.1, 0.15) is 0 Å². The van der Waals surface area contributed by atoms with Crippen molar-refractivity contribution in [1.29, 1.82) is 0 Å². The maximum atomic E-state index is 5.86. The number of aromatic nitrogens is 1. The molecule has 0 bridgehead atoms. The van der Waals surface area contributed by atoms with Crippen LogP contribution in [0.3, 0.4) is 0 Å². The summed E-state index contributed by atoms with van der Waals surface area (Å²) in [6.07, 6.45) is 3.68. The van der Waals surface area contributed by atoms with Crippen LogP contribution < -0.4 is 11.3 Å². The van der Waals surface area contributed by atoms with Crippen molar-refractivity contribution in [3.05, 3.63) is 74.0 Å². The molecule has 1 aromatic heterocycles. The number of pyridine rings is 1. The highest BCUT2D eigenvalue weighted by Gasteiger charge is 2.18. The second-order valence-electron chi connectivity index (χ2n) is 4.71. The zero-order valence-electron chi connectivity index (χ0n) is 11.1. The van der Waals surface area contributed by atoms with Crippen molar-refractivity contribution in [1.82, 2.24) is 10.4 Å². The summed E-state index contributed by atoms with van der Waals surface area (Å²) in [6.45, 7) is 0. The van der Waals surface area contributed by atoms with Gasteiger partial charge in [0.2, 0.25) is 0 Å². The quantitative estimate of drug-likeness (QED) is 0.355. The molecule has 5 heteroatoms. The van der Waals surface area contributed by atoms with Crippen LogP contribution in [0.5, 0.6) is 0 Å². The van der Waals surface area contributed by atoms with Crippen molar-refractivity contribution in [3.63, 3.8) is 0 Å². The Bertz CT molecular complexity index is 786. The van der Waals surface area contributed by atoms with E-state index in [9.17, 15) is 0 Å². The van der Waals surface area contributed by atoms with Crippen molar-refractivity contribution in [2.24, 2.45) is 5.84 Å². The lowest BCUT2D eigenvalue weighted by atomic mass is 9.95. The minimum Gasteiger partial charge on any atom is -0.271 e. The first kappa shape index (κ1) is 14.9. The van der Waals surface area contributed by atoms with Gasteiger partial charge < -0.3 is 0 Å². The maximum Gasteiger partial charge on any atom is 0.0727 e. The Morgan fingerprint density at radius 1 is 1.14 bits per heavy atom. The minimum absolute atomic E-state index is 0.0832. The van der Waals surface area contributed by atoms with E-state index < -0.39 is 0 Å². The average molecular weight is 454 g/mol. The Hall–Kier alpha value is -1.02. The number of halogens is 2. The van der Waals surface area contributed by atoms with Crippen LogP contribution in [0, 0.1) is 3.57 Å². The van der Waals surface area contributed by atoms with Gasteiger partial charge in [0.25, 0.3) is 0 Å². The molecule has 1 atom stereocenters. The van der Waals surface area contributed by atoms with Crippen LogP contribution in [0.25, 0.3) is 10.8 Å². The van der Waals surface area contributed by atoms with Gasteiger partial charge >= 0.3 is 0 Å². The van der Waals surface area contributed by atoms with E-state index in [1.165, 1.54) is 3.57 Å². The number of hydrazine groups is 1. The normalized spacial score (nSPS) is 12.5. The highest BCUT2D eigenvalue weighted by atomic mass is 127. The molecule has 106 valence electrons. The van der Waals surface area contributed by atoms with E-state index in [1.807, 2.05) is 30.6 Å². The number of rotatable bonds is 3. The van der Waals surface area contributed by atoms with E-state index >= 15 is 0 Å². The second kappa shape index (κ2) is 6.39. The fraction of sp³-hybridized carbons (Fsp3) is 0.0625. The number of hydrogen-bond donors (Lipinski definition) is 2. The number of nitrogens with one attached hydrogen (secondary N) is 1. The highest BCUT2D eigenvalue weighted by molar-refractivity contribution is 14.1. The number of hydrogen-bond acceptors (Lipinski definition) is 3. The molecule has 0 saturated carbocycles. The molecule has 2 aromatic carbocycles. The molecular weight excluding hydrogens is 441 g/mol. The third kappa shape index (κ3) is 2.96. The van der Waals surface area contributed by atoms with E-state index in [-0.39, 0.29) is 6.04 Å². The molecule has 1 unspecified atom stereocenters. The molecular formula is C16H13BrIN3. The third-order valence-electron chi connectivity index (χ3n) is 3.46. The van der Waals surface area contributed by atoms with Gasteiger partial charge in [-0.15, -0.1) is 0 Å². The summed E-state index contributed by atoms with van der Waals surface area (Å²) in [7, 11) is 0. The Labute approximate surface area is 145 Å². The van der Waals surface area contributed by atoms with Gasteiger partial charge in [-0.05, 0) is 63.4 Å². The van der Waals surface area contributed by atoms with Gasteiger partial charge in [-0.1, -0.05) is 34.1 Å². The van der Waals surface area contributed by atoms with Crippen molar-refractivity contribution >= 4 is 49.3 Å². The van der Waals surface area contributed by atoms with Crippen LogP contribution >= 0.6 is 38.5 Å². The van der Waals surface area contributed by atoms with Gasteiger partial charge in [-0.25, -0.2) is 5.43 Å². The molecule has 0 aliphatic heterocycles. The monoisotopic (exact) mass is 453 g/mol. The molecule has 3 aromatic rings. The van der Waals surface area contributed by atoms with Crippen molar-refractivity contribution in [3.8, 4) is 0 Å². The molecule has 0 fully saturated rings. The molecule has 3 nitrogen and oxygen atoms in total. The minimum atomic E-state index is -0.0832. The first-order chi connectivity index (χ1) is 10.2. The average Bonchev–Trinajstić information content (AvgIpc) is 2.51. The Balaban J connectivity index is 2.21. The van der Waals surface area contributed by atoms with Gasteiger partial charge in [0.15, 0.2) is 0 Å². The van der Waals surface area contributed by atoms with Crippen LogP contribution in [-0.2, 0) is 0 Å². The molecule has 3 rings (SSSR count). The number of nitrogens with zero attached hydrogens (tertiary/aromatic N) is 1. The maximum absolute atomic E-state index is 5.86. The predicted molar refractivity (Wildman–Crippen MR) is 97.8 cm³/mol. The lowest BCUT2D eigenvalue weighted by molar-refractivity contribution is 0.638. The first-order valence-corrected chi connectivity index (χ1v) is 8.31. The Morgan fingerprint density at radius 3 is 2.81 bits per heavy atom. The topological polar surface area (TPSA) is 50.9 Å². The van der Waals surface area contributed by atoms with E-state index in [1.54, 1.807) is 0 Å². The molecule has 0 amide bonds. The van der Waals surface area contributed by atoms with Gasteiger partial charge in [0.05, 0.1) is 6.04 Å². The zero-order chi connectivity index (χ0) is 14.8. The summed E-state index contributed by atoms with van der Waals surface area (Å²) in [5.74, 6) is 5.86. The SMILES string of the molecule is NNC(c1cc(I)ccc1Br)c1cccc2cnccc12. The largest absolute Gasteiger partial charge is 0.271 e. The molecule has 0 aliphatic rings. The van der Waals surface area contributed by atoms with Crippen LogP contribution in [0.1, 0.15) is 17.2 Å². The zero-order valence-corrected chi connectivity index (χ0v) is 14.8. The van der Waals surface area contributed by atoms with Gasteiger partial charge in [-0.3, -0.25) is 10.8 Å². The van der Waals surface area contributed by atoms with Crippen molar-refractivity contribution in [2.75, 3.05) is 0 Å². The second-order valence-corrected chi connectivity index (χ2v) is 6.81. The summed E-state index contributed by atoms with van der Waals surface area (Å²) >= 11 is 5.93. The lowest BCUT2D eigenvalue weighted by Gasteiger charge is -2.20. The predicted octanol–water partition coefficient (Wildman–Crippen LogP) is 4.15. The number of benzene rings is 2. The summed E-state index contributed by atoms with van der Waals surface area (Å²) in [5, 5.41) is 2.26. The van der Waals surface area contributed by atoms with E-state index in [0.717, 1.165) is 26.4 Å². The van der Waals surface area contributed by atoms with Crippen LogP contribution in [-0.4, -0.2) is 4.98 Å². The summed E-state index contributed by atoms with van der Waals surface area (Å²) in [4.78, 5) is 4.18. The van der Waals surface area contributed by atoms with E-state index in [2.05, 4.69) is 73.2 Å². The Morgan fingerprint density at radius 2 is 2.00 bits per heavy atom. The molecule has 21 heavy (non-hydrogen) atoms. The Kier molecular flexibility index (Phi) is 4.54. The third-order valence-corrected chi connectivity index (χ3v) is 4.85. The standard InChI is InChI=1S/C16H13BrIN3/c17-15-5-4-11(18)8-14(15)16(21-19)13-3-1-2-10-9-20-7-6-12(10)13/h1-9,16,21H,19H2. The fourth-order valence-corrected chi connectivity index (χ4v) is 3.47. The van der Waals surface area contributed by atoms with Crippen molar-refractivity contribution in [2.45, 2.75) is 6.04 Å². The molecule has 1 heterocycles. The molecule has 3 N–H and O–H groups in total. The molecule has 0 spiro atoms. The van der Waals surface area contributed by atoms with Gasteiger partial charge in [0, 0.05) is 25.8 Å². The number of nitrogens with two attached hydrogens (primary N) is 1. The molecule has 0 saturated heterocycles. The lowest BCUT2D eigenvalue weighted by Crippen LogP contribution is -2.29. The number of fused-ring (bicyclic) bond motifs is 1. The van der Waals surface area contributed by atoms with Crippen LogP contribution in [0.2, 0.25) is 0 Å². The van der Waals surface area contributed by atoms with E-state index in [0.29, 0.717) is 0 Å². The summed E-state index contributed by atoms with van der Waals surface area (Å²) in [5.41, 5.74) is 5.20. The van der Waals surface area contributed by atoms with E-state index in [4.69, 9.17) is 5.84 Å². The fourth-order valence-electron chi connectivity index (χ4n) is 2.48. The van der Waals surface area contributed by atoms with Crippen LogP contribution in [0.15, 0.2) is 59.3 Å². The molecule has 0 radical (unpaired) electrons. The molecule has 0 aliphatic carbocycles. The summed E-state index contributed by atoms with van der Waals surface area (Å²) in [6, 6.07) is 14.4. The smallest absolute Gasteiger partial charge is 0.0727 e. The first-order valence-electron chi connectivity index (χ1n) is 6.44. The van der Waals surface area contributed by atoms with Crippen molar-refractivity contribution < 1.29 is 0 Å². The highest BCUT2D eigenvalue weighted by Crippen LogP contribution is 2.33. The van der Waals surface area contributed by atoms with Crippen LogP contribution in [0.4, 0.5) is 0 Å². The summed E-state index contributed by atoms with van der Waals surface area (Å²) < 4.78 is 2.21.